The predicted octanol–water partition coefficient (Wildman–Crippen LogP) is 5.43. The lowest BCUT2D eigenvalue weighted by Crippen LogP contribution is -2.31. The third kappa shape index (κ3) is 11.5. The molecule has 4 N–H and O–H groups in total. The number of benzene rings is 2. The van der Waals surface area contributed by atoms with Crippen molar-refractivity contribution in [2.45, 2.75) is 53.4 Å². The second-order valence-electron chi connectivity index (χ2n) is 12.4. The molecular weight excluding hydrogens is 686 g/mol. The van der Waals surface area contributed by atoms with E-state index in [9.17, 15) is 24.0 Å². The number of esters is 3. The zero-order valence-electron chi connectivity index (χ0n) is 30.2. The number of amidine groups is 1. The van der Waals surface area contributed by atoms with Crippen LogP contribution in [0.3, 0.4) is 0 Å². The summed E-state index contributed by atoms with van der Waals surface area (Å²) in [5.74, 6) is -2.34. The van der Waals surface area contributed by atoms with Crippen molar-refractivity contribution in [3.8, 4) is 16.9 Å². The first-order valence-electron chi connectivity index (χ1n) is 16.8. The minimum atomic E-state index is -1.21. The average Bonchev–Trinajstić information content (AvgIpc) is 3.95. The SMILES string of the molecule is C=Cc1cc(C(=O)Nc2ccc(C(=N)NC(=O)OCOC(C)=O)cc2)c(-c2ccc(CNCC3CC3)nc2C(=O)OC(C)OC(=O)C(C)C)cc1OC. The maximum atomic E-state index is 14.0. The van der Waals surface area contributed by atoms with E-state index in [4.69, 9.17) is 24.4 Å². The molecule has 1 aliphatic carbocycles. The van der Waals surface area contributed by atoms with Gasteiger partial charge in [0.05, 0.1) is 18.7 Å². The zero-order chi connectivity index (χ0) is 38.7. The van der Waals surface area contributed by atoms with E-state index < -0.39 is 48.9 Å². The molecule has 280 valence electrons. The number of pyridine rings is 1. The molecule has 1 saturated carbocycles. The Labute approximate surface area is 306 Å². The van der Waals surface area contributed by atoms with Crippen molar-refractivity contribution < 1.29 is 47.7 Å². The first-order chi connectivity index (χ1) is 25.3. The molecule has 2 aromatic carbocycles. The van der Waals surface area contributed by atoms with Gasteiger partial charge >= 0.3 is 24.0 Å². The van der Waals surface area contributed by atoms with E-state index >= 15 is 0 Å². The van der Waals surface area contributed by atoms with Crippen LogP contribution >= 0.6 is 0 Å². The van der Waals surface area contributed by atoms with Gasteiger partial charge in [-0.3, -0.25) is 25.1 Å². The highest BCUT2D eigenvalue weighted by atomic mass is 16.7. The van der Waals surface area contributed by atoms with E-state index in [0.29, 0.717) is 46.3 Å². The van der Waals surface area contributed by atoms with Gasteiger partial charge in [0.1, 0.15) is 11.6 Å². The quantitative estimate of drug-likeness (QED) is 0.0631. The number of carbonyl (C=O) groups excluding carboxylic acids is 5. The number of hydrogen-bond acceptors (Lipinski definition) is 13. The molecule has 1 heterocycles. The monoisotopic (exact) mass is 729 g/mol. The fraction of sp³-hybridized carbons (Fsp3) is 0.342. The molecule has 0 bridgehead atoms. The Kier molecular flexibility index (Phi) is 13.8. The molecule has 1 unspecified atom stereocenters. The van der Waals surface area contributed by atoms with E-state index in [0.717, 1.165) is 13.5 Å². The van der Waals surface area contributed by atoms with Crippen LogP contribution in [0.15, 0.2) is 55.1 Å². The fourth-order valence-electron chi connectivity index (χ4n) is 4.87. The number of methoxy groups -OCH3 is 1. The number of amides is 2. The van der Waals surface area contributed by atoms with Gasteiger partial charge in [-0.2, -0.15) is 0 Å². The first-order valence-corrected chi connectivity index (χ1v) is 16.8. The Balaban J connectivity index is 1.64. The Hall–Kier alpha value is -6.09. The summed E-state index contributed by atoms with van der Waals surface area (Å²) >= 11 is 0. The summed E-state index contributed by atoms with van der Waals surface area (Å²) in [6.07, 6.45) is 1.65. The third-order valence-electron chi connectivity index (χ3n) is 7.84. The summed E-state index contributed by atoms with van der Waals surface area (Å²) < 4.78 is 25.6. The van der Waals surface area contributed by atoms with Crippen molar-refractivity contribution in [2.75, 3.05) is 25.8 Å². The number of carbonyl (C=O) groups is 5. The van der Waals surface area contributed by atoms with Crippen LogP contribution in [-0.2, 0) is 35.1 Å². The summed E-state index contributed by atoms with van der Waals surface area (Å²) in [5, 5.41) is 16.6. The molecule has 1 aromatic heterocycles. The van der Waals surface area contributed by atoms with Crippen LogP contribution < -0.4 is 20.7 Å². The normalized spacial score (nSPS) is 12.6. The van der Waals surface area contributed by atoms with Gasteiger partial charge in [0, 0.05) is 53.9 Å². The summed E-state index contributed by atoms with van der Waals surface area (Å²) in [6, 6.07) is 12.6. The van der Waals surface area contributed by atoms with Crippen molar-refractivity contribution in [3.05, 3.63) is 83.2 Å². The number of nitrogens with one attached hydrogen (secondary N) is 4. The van der Waals surface area contributed by atoms with Gasteiger partial charge in [0.2, 0.25) is 13.1 Å². The summed E-state index contributed by atoms with van der Waals surface area (Å²) in [6.45, 7) is 10.4. The molecular formula is C38H43N5O10. The Bertz CT molecular complexity index is 1870. The van der Waals surface area contributed by atoms with Crippen LogP contribution in [0.2, 0.25) is 0 Å². The molecule has 0 saturated heterocycles. The smallest absolute Gasteiger partial charge is 0.415 e. The van der Waals surface area contributed by atoms with E-state index in [-0.39, 0.29) is 22.7 Å². The molecule has 0 aliphatic heterocycles. The van der Waals surface area contributed by atoms with Crippen LogP contribution in [-0.4, -0.2) is 67.5 Å². The van der Waals surface area contributed by atoms with Crippen molar-refractivity contribution in [3.63, 3.8) is 0 Å². The fourth-order valence-corrected chi connectivity index (χ4v) is 4.87. The van der Waals surface area contributed by atoms with Crippen LogP contribution in [0, 0.1) is 17.2 Å². The number of hydrogen-bond donors (Lipinski definition) is 4. The van der Waals surface area contributed by atoms with Crippen molar-refractivity contribution in [1.82, 2.24) is 15.6 Å². The maximum Gasteiger partial charge on any atom is 0.415 e. The van der Waals surface area contributed by atoms with E-state index in [1.54, 1.807) is 38.1 Å². The van der Waals surface area contributed by atoms with Gasteiger partial charge in [0.25, 0.3) is 5.91 Å². The lowest BCUT2D eigenvalue weighted by Gasteiger charge is -2.19. The van der Waals surface area contributed by atoms with Gasteiger partial charge < -0.3 is 34.3 Å². The predicted molar refractivity (Wildman–Crippen MR) is 194 cm³/mol. The molecule has 3 aromatic rings. The second-order valence-corrected chi connectivity index (χ2v) is 12.4. The molecule has 0 radical (unpaired) electrons. The molecule has 1 atom stereocenters. The standard InChI is InChI=1S/C38H43N5O10/c1-7-25-16-31(35(45)42-27-12-10-26(11-13-27)34(39)43-38(48)51-20-50-22(4)44)30(17-32(25)49-6)29-15-14-28(19-40-18-24-8-9-24)41-33(29)37(47)53-23(5)52-36(46)21(2)3/h7,10-17,21,23-24,40H,1,8-9,18-20H2,2-6H3,(H,42,45)(H2,39,43,48). The average molecular weight is 730 g/mol. The van der Waals surface area contributed by atoms with Crippen LogP contribution in [0.25, 0.3) is 17.2 Å². The molecule has 1 aliphatic rings. The summed E-state index contributed by atoms with van der Waals surface area (Å²) in [4.78, 5) is 67.3. The summed E-state index contributed by atoms with van der Waals surface area (Å²) in [7, 11) is 1.46. The van der Waals surface area contributed by atoms with E-state index in [1.165, 1.54) is 57.2 Å². The number of anilines is 1. The Morgan fingerprint density at radius 2 is 1.70 bits per heavy atom. The lowest BCUT2D eigenvalue weighted by atomic mass is 9.94. The topological polar surface area (TPSA) is 204 Å². The number of alkyl carbamates (subject to hydrolysis) is 1. The van der Waals surface area contributed by atoms with E-state index in [2.05, 4.69) is 32.3 Å². The highest BCUT2D eigenvalue weighted by Crippen LogP contribution is 2.35. The molecule has 15 nitrogen and oxygen atoms in total. The first kappa shape index (κ1) is 39.7. The molecule has 53 heavy (non-hydrogen) atoms. The Morgan fingerprint density at radius 1 is 0.981 bits per heavy atom. The van der Waals surface area contributed by atoms with Gasteiger partial charge in [0.15, 0.2) is 5.69 Å². The number of rotatable bonds is 16. The van der Waals surface area contributed by atoms with Gasteiger partial charge in [-0.15, -0.1) is 0 Å². The van der Waals surface area contributed by atoms with Gasteiger partial charge in [-0.25, -0.2) is 14.6 Å². The number of ether oxygens (including phenoxy) is 5. The second kappa shape index (κ2) is 18.4. The molecule has 1 fully saturated rings. The molecule has 2 amide bonds. The minimum Gasteiger partial charge on any atom is -0.496 e. The highest BCUT2D eigenvalue weighted by Gasteiger charge is 2.26. The lowest BCUT2D eigenvalue weighted by molar-refractivity contribution is -0.169. The highest BCUT2D eigenvalue weighted by molar-refractivity contribution is 6.11. The largest absolute Gasteiger partial charge is 0.496 e. The van der Waals surface area contributed by atoms with Gasteiger partial charge in [-0.1, -0.05) is 32.6 Å². The van der Waals surface area contributed by atoms with E-state index in [1.807, 2.05) is 0 Å². The number of aromatic nitrogens is 1. The molecule has 0 spiro atoms. The summed E-state index contributed by atoms with van der Waals surface area (Å²) in [5.41, 5.74) is 2.30. The Morgan fingerprint density at radius 3 is 2.32 bits per heavy atom. The van der Waals surface area contributed by atoms with Crippen LogP contribution in [0.4, 0.5) is 10.5 Å². The van der Waals surface area contributed by atoms with Crippen LogP contribution in [0.5, 0.6) is 5.75 Å². The minimum absolute atomic E-state index is 0.104. The van der Waals surface area contributed by atoms with Crippen LogP contribution in [0.1, 0.15) is 78.2 Å². The molecule has 4 rings (SSSR count). The third-order valence-corrected chi connectivity index (χ3v) is 7.84. The van der Waals surface area contributed by atoms with Crippen molar-refractivity contribution in [2.24, 2.45) is 11.8 Å². The zero-order valence-corrected chi connectivity index (χ0v) is 30.2. The van der Waals surface area contributed by atoms with Crippen molar-refractivity contribution >= 4 is 47.5 Å². The van der Waals surface area contributed by atoms with Crippen molar-refractivity contribution in [1.29, 1.82) is 5.41 Å². The maximum absolute atomic E-state index is 14.0. The van der Waals surface area contributed by atoms with Gasteiger partial charge in [-0.05, 0) is 67.8 Å². The number of nitrogens with zero attached hydrogens (tertiary/aromatic N) is 1. The molecule has 15 heteroatoms.